The van der Waals surface area contributed by atoms with E-state index in [-0.39, 0.29) is 24.3 Å². The minimum atomic E-state index is -3.72. The molecule has 0 radical (unpaired) electrons. The van der Waals surface area contributed by atoms with Gasteiger partial charge in [0.2, 0.25) is 0 Å². The number of benzene rings is 1. The van der Waals surface area contributed by atoms with Crippen LogP contribution >= 0.6 is 0 Å². The predicted octanol–water partition coefficient (Wildman–Crippen LogP) is 2.25. The Bertz CT molecular complexity index is 668. The van der Waals surface area contributed by atoms with Gasteiger partial charge in [-0.15, -0.1) is 4.72 Å². The average Bonchev–Trinajstić information content (AvgIpc) is 2.53. The van der Waals surface area contributed by atoms with Crippen LogP contribution in [-0.4, -0.2) is 38.5 Å². The fourth-order valence-corrected chi connectivity index (χ4v) is 3.53. The van der Waals surface area contributed by atoms with Gasteiger partial charge < -0.3 is 14.4 Å². The number of nitro groups is 1. The zero-order valence-electron chi connectivity index (χ0n) is 14.0. The lowest BCUT2D eigenvalue weighted by Gasteiger charge is -2.44. The van der Waals surface area contributed by atoms with Gasteiger partial charge in [0.1, 0.15) is 17.1 Å². The summed E-state index contributed by atoms with van der Waals surface area (Å²) in [6, 6.07) is 3.36. The number of hydrogen-bond donors (Lipinski definition) is 2. The molecule has 0 aliphatic carbocycles. The van der Waals surface area contributed by atoms with Gasteiger partial charge >= 0.3 is 0 Å². The monoisotopic (exact) mass is 378 g/mol. The lowest BCUT2D eigenvalue weighted by Crippen LogP contribution is -2.63. The lowest BCUT2D eigenvalue weighted by molar-refractivity contribution is -0.385. The number of alkyl halides is 2. The van der Waals surface area contributed by atoms with Crippen molar-refractivity contribution in [3.05, 3.63) is 33.9 Å². The van der Waals surface area contributed by atoms with Gasteiger partial charge in [0.25, 0.3) is 11.6 Å². The second-order valence-electron chi connectivity index (χ2n) is 6.79. The van der Waals surface area contributed by atoms with Crippen molar-refractivity contribution >= 4 is 17.0 Å². The number of nitrogens with zero attached hydrogens (tertiary/aromatic N) is 1. The van der Waals surface area contributed by atoms with Crippen molar-refractivity contribution in [1.82, 2.24) is 4.72 Å². The number of aliphatic hydroxyl groups is 1. The van der Waals surface area contributed by atoms with Crippen LogP contribution in [0.2, 0.25) is 0 Å². The Morgan fingerprint density at radius 3 is 2.60 bits per heavy atom. The molecule has 2 N–H and O–H groups in total. The Kier molecular flexibility index (Phi) is 5.29. The van der Waals surface area contributed by atoms with Crippen LogP contribution in [-0.2, 0) is 16.9 Å². The molecule has 7 nitrogen and oxygen atoms in total. The molecule has 25 heavy (non-hydrogen) atoms. The summed E-state index contributed by atoms with van der Waals surface area (Å²) in [5.41, 5.74) is -2.84. The SMILES string of the molecule is CC(C)(C)[S+]([O-])N[C@]1(C(F)(F)CO)CCOc2ccc([N+](=O)[O-])cc21. The van der Waals surface area contributed by atoms with Crippen molar-refractivity contribution in [3.8, 4) is 5.75 Å². The van der Waals surface area contributed by atoms with Gasteiger partial charge in [-0.3, -0.25) is 10.1 Å². The molecule has 1 unspecified atom stereocenters. The van der Waals surface area contributed by atoms with Gasteiger partial charge in [-0.25, -0.2) is 8.78 Å². The van der Waals surface area contributed by atoms with E-state index in [0.717, 1.165) is 12.1 Å². The Morgan fingerprint density at radius 2 is 2.08 bits per heavy atom. The minimum Gasteiger partial charge on any atom is -0.598 e. The number of hydrogen-bond acceptors (Lipinski definition) is 6. The normalized spacial score (nSPS) is 22.0. The van der Waals surface area contributed by atoms with Gasteiger partial charge in [0, 0.05) is 35.5 Å². The van der Waals surface area contributed by atoms with E-state index in [0.29, 0.717) is 0 Å². The molecular weight excluding hydrogens is 358 g/mol. The molecule has 0 amide bonds. The molecule has 0 saturated carbocycles. The topological polar surface area (TPSA) is 108 Å². The largest absolute Gasteiger partial charge is 0.598 e. The Balaban J connectivity index is 2.66. The first-order valence-electron chi connectivity index (χ1n) is 7.55. The van der Waals surface area contributed by atoms with Crippen LogP contribution < -0.4 is 9.46 Å². The van der Waals surface area contributed by atoms with Gasteiger partial charge in [0.05, 0.1) is 11.5 Å². The predicted molar refractivity (Wildman–Crippen MR) is 88.0 cm³/mol. The maximum Gasteiger partial charge on any atom is 0.297 e. The van der Waals surface area contributed by atoms with E-state index in [9.17, 15) is 28.6 Å². The first-order valence-corrected chi connectivity index (χ1v) is 8.70. The molecule has 2 rings (SSSR count). The third-order valence-electron chi connectivity index (χ3n) is 4.01. The van der Waals surface area contributed by atoms with E-state index in [4.69, 9.17) is 4.74 Å². The summed E-state index contributed by atoms with van der Waals surface area (Å²) in [5.74, 6) is -3.69. The highest BCUT2D eigenvalue weighted by Gasteiger charge is 2.60. The molecule has 1 aromatic rings. The highest BCUT2D eigenvalue weighted by atomic mass is 32.2. The van der Waals surface area contributed by atoms with E-state index in [1.54, 1.807) is 20.8 Å². The molecule has 0 bridgehead atoms. The van der Waals surface area contributed by atoms with Crippen LogP contribution in [0.5, 0.6) is 5.75 Å². The molecule has 1 aromatic carbocycles. The van der Waals surface area contributed by atoms with Gasteiger partial charge in [-0.1, -0.05) is 0 Å². The number of ether oxygens (including phenoxy) is 1. The molecule has 0 spiro atoms. The zero-order valence-corrected chi connectivity index (χ0v) is 14.9. The quantitative estimate of drug-likeness (QED) is 0.462. The molecule has 140 valence electrons. The maximum absolute atomic E-state index is 14.8. The first-order chi connectivity index (χ1) is 11.4. The van der Waals surface area contributed by atoms with E-state index < -0.39 is 44.8 Å². The van der Waals surface area contributed by atoms with Gasteiger partial charge in [-0.2, -0.15) is 0 Å². The van der Waals surface area contributed by atoms with Crippen molar-refractivity contribution in [2.45, 2.75) is 43.4 Å². The van der Waals surface area contributed by atoms with E-state index >= 15 is 0 Å². The van der Waals surface area contributed by atoms with Crippen LogP contribution in [0.25, 0.3) is 0 Å². The maximum atomic E-state index is 14.8. The molecule has 10 heteroatoms. The highest BCUT2D eigenvalue weighted by molar-refractivity contribution is 7.90. The summed E-state index contributed by atoms with van der Waals surface area (Å²) in [4.78, 5) is 10.3. The first kappa shape index (κ1) is 19.8. The molecule has 0 aromatic heterocycles. The number of aliphatic hydroxyl groups excluding tert-OH is 1. The lowest BCUT2D eigenvalue weighted by atomic mass is 9.80. The van der Waals surface area contributed by atoms with Crippen LogP contribution in [0.4, 0.5) is 14.5 Å². The van der Waals surface area contributed by atoms with Crippen LogP contribution in [0.1, 0.15) is 32.8 Å². The summed E-state index contributed by atoms with van der Waals surface area (Å²) >= 11 is -1.91. The molecule has 2 atom stereocenters. The van der Waals surface area contributed by atoms with Crippen molar-refractivity contribution in [1.29, 1.82) is 0 Å². The number of nitro benzene ring substituents is 1. The van der Waals surface area contributed by atoms with Gasteiger partial charge in [-0.05, 0) is 26.8 Å². The number of halogens is 2. The summed E-state index contributed by atoms with van der Waals surface area (Å²) in [6.45, 7) is 3.19. The Labute approximate surface area is 146 Å². The second-order valence-corrected chi connectivity index (χ2v) is 8.75. The number of nitrogens with one attached hydrogen (secondary N) is 1. The number of fused-ring (bicyclic) bond motifs is 1. The van der Waals surface area contributed by atoms with Crippen molar-refractivity contribution < 1.29 is 28.1 Å². The van der Waals surface area contributed by atoms with E-state index in [2.05, 4.69) is 4.72 Å². The minimum absolute atomic E-state index is 0.0309. The van der Waals surface area contributed by atoms with E-state index in [1.807, 2.05) is 0 Å². The van der Waals surface area contributed by atoms with Crippen molar-refractivity contribution in [3.63, 3.8) is 0 Å². The summed E-state index contributed by atoms with van der Waals surface area (Å²) in [7, 11) is 0. The fourth-order valence-electron chi connectivity index (χ4n) is 2.55. The highest BCUT2D eigenvalue weighted by Crippen LogP contribution is 2.48. The van der Waals surface area contributed by atoms with Crippen LogP contribution in [0.15, 0.2) is 18.2 Å². The van der Waals surface area contributed by atoms with Gasteiger partial charge in [0.15, 0.2) is 5.54 Å². The number of rotatable bonds is 5. The van der Waals surface area contributed by atoms with E-state index in [1.165, 1.54) is 6.07 Å². The molecular formula is C15H20F2N2O5S. The standard InChI is InChI=1S/C15H20F2N2O5S/c1-13(2,3)25(23)18-14(15(16,17)9-20)6-7-24-12-5-4-10(19(21)22)8-11(12)14/h4-5,8,18,20H,6-7,9H2,1-3H3/t14-,25?/m1/s1. The molecule has 0 fully saturated rings. The molecule has 0 saturated heterocycles. The second kappa shape index (κ2) is 6.67. The third kappa shape index (κ3) is 3.57. The third-order valence-corrected chi connectivity index (χ3v) is 5.66. The Morgan fingerprint density at radius 1 is 1.44 bits per heavy atom. The smallest absolute Gasteiger partial charge is 0.297 e. The molecule has 1 aliphatic rings. The van der Waals surface area contributed by atoms with Crippen molar-refractivity contribution in [2.24, 2.45) is 0 Å². The summed E-state index contributed by atoms with van der Waals surface area (Å²) < 4.78 is 49.0. The van der Waals surface area contributed by atoms with Crippen LogP contribution in [0.3, 0.4) is 0 Å². The average molecular weight is 378 g/mol. The Hall–Kier alpha value is -1.49. The fraction of sp³-hybridized carbons (Fsp3) is 0.600. The molecule has 1 heterocycles. The van der Waals surface area contributed by atoms with Crippen molar-refractivity contribution in [2.75, 3.05) is 13.2 Å². The van der Waals surface area contributed by atoms with Crippen LogP contribution in [0, 0.1) is 10.1 Å². The number of non-ortho nitro benzene ring substituents is 1. The molecule has 1 aliphatic heterocycles. The summed E-state index contributed by atoms with van der Waals surface area (Å²) in [5, 5.41) is 20.3. The zero-order chi connectivity index (χ0) is 19.0. The summed E-state index contributed by atoms with van der Waals surface area (Å²) in [6.07, 6.45) is -0.309.